The lowest BCUT2D eigenvalue weighted by atomic mass is 9.98. The third-order valence-corrected chi connectivity index (χ3v) is 7.19. The molecule has 9 heteroatoms. The lowest BCUT2D eigenvalue weighted by molar-refractivity contribution is -0.133. The van der Waals surface area contributed by atoms with Crippen LogP contribution in [0.4, 0.5) is 4.79 Å². The van der Waals surface area contributed by atoms with Crippen LogP contribution >= 0.6 is 0 Å². The molecule has 0 unspecified atom stereocenters. The number of carbonyl (C=O) groups is 4. The molecule has 4 rings (SSSR count). The quantitative estimate of drug-likeness (QED) is 0.253. The summed E-state index contributed by atoms with van der Waals surface area (Å²) in [6, 6.07) is 24.4. The number of hydrogen-bond acceptors (Lipinski definition) is 5. The molecule has 5 N–H and O–H groups in total. The lowest BCUT2D eigenvalue weighted by Gasteiger charge is -2.26. The van der Waals surface area contributed by atoms with Gasteiger partial charge >= 0.3 is 6.09 Å². The molecule has 3 aromatic rings. The average Bonchev–Trinajstić information content (AvgIpc) is 3.27. The zero-order valence-corrected chi connectivity index (χ0v) is 23.3. The molecule has 9 nitrogen and oxygen atoms in total. The van der Waals surface area contributed by atoms with Crippen LogP contribution in [0.2, 0.25) is 0 Å². The Morgan fingerprint density at radius 3 is 2.07 bits per heavy atom. The normalized spacial score (nSPS) is 12.9. The van der Waals surface area contributed by atoms with Crippen molar-refractivity contribution in [3.63, 3.8) is 0 Å². The molecule has 0 fully saturated rings. The number of alkyl carbamates (subject to hydrolysis) is 1. The van der Waals surface area contributed by atoms with Gasteiger partial charge < -0.3 is 26.4 Å². The van der Waals surface area contributed by atoms with E-state index in [1.165, 1.54) is 13.8 Å². The molecule has 4 amide bonds. The third kappa shape index (κ3) is 7.51. The zero-order chi connectivity index (χ0) is 29.4. The largest absolute Gasteiger partial charge is 0.449 e. The van der Waals surface area contributed by atoms with Crippen LogP contribution in [-0.2, 0) is 25.5 Å². The molecule has 1 atom stereocenters. The van der Waals surface area contributed by atoms with Gasteiger partial charge in [-0.2, -0.15) is 0 Å². The van der Waals surface area contributed by atoms with Crippen LogP contribution in [0.15, 0.2) is 78.9 Å². The first-order valence-electron chi connectivity index (χ1n) is 13.7. The van der Waals surface area contributed by atoms with E-state index in [4.69, 9.17) is 10.5 Å². The number of hydrogen-bond donors (Lipinski definition) is 4. The molecule has 0 aliphatic heterocycles. The molecular weight excluding hydrogens is 520 g/mol. The Labute approximate surface area is 239 Å². The molecule has 41 heavy (non-hydrogen) atoms. The first kappa shape index (κ1) is 29.3. The molecule has 1 aliphatic rings. The minimum atomic E-state index is -1.29. The third-order valence-electron chi connectivity index (χ3n) is 7.19. The van der Waals surface area contributed by atoms with Gasteiger partial charge in [-0.15, -0.1) is 0 Å². The number of primary amides is 1. The van der Waals surface area contributed by atoms with E-state index >= 15 is 0 Å². The van der Waals surface area contributed by atoms with Crippen molar-refractivity contribution in [3.05, 3.63) is 95.6 Å². The van der Waals surface area contributed by atoms with Crippen LogP contribution < -0.4 is 21.7 Å². The Morgan fingerprint density at radius 1 is 0.878 bits per heavy atom. The highest BCUT2D eigenvalue weighted by molar-refractivity contribution is 5.93. The Morgan fingerprint density at radius 2 is 1.46 bits per heavy atom. The van der Waals surface area contributed by atoms with Crippen molar-refractivity contribution in [2.45, 2.75) is 50.6 Å². The average molecular weight is 557 g/mol. The fourth-order valence-corrected chi connectivity index (χ4v) is 4.90. The minimum absolute atomic E-state index is 0.0466. The van der Waals surface area contributed by atoms with Gasteiger partial charge in [0, 0.05) is 12.5 Å². The van der Waals surface area contributed by atoms with E-state index < -0.39 is 29.5 Å². The highest BCUT2D eigenvalue weighted by Crippen LogP contribution is 2.44. The van der Waals surface area contributed by atoms with Crippen LogP contribution in [0.5, 0.6) is 0 Å². The minimum Gasteiger partial charge on any atom is -0.449 e. The van der Waals surface area contributed by atoms with Gasteiger partial charge in [0.15, 0.2) is 0 Å². The molecule has 0 spiro atoms. The van der Waals surface area contributed by atoms with Gasteiger partial charge in [-0.05, 0) is 54.5 Å². The number of benzene rings is 3. The first-order chi connectivity index (χ1) is 19.7. The second-order valence-corrected chi connectivity index (χ2v) is 10.7. The van der Waals surface area contributed by atoms with Crippen molar-refractivity contribution in [1.82, 2.24) is 16.0 Å². The molecule has 0 bridgehead atoms. The van der Waals surface area contributed by atoms with Crippen molar-refractivity contribution >= 4 is 23.8 Å². The Kier molecular flexibility index (Phi) is 9.39. The summed E-state index contributed by atoms with van der Waals surface area (Å²) in [5.74, 6) is -1.61. The van der Waals surface area contributed by atoms with E-state index in [-0.39, 0.29) is 37.8 Å². The number of amides is 4. The molecule has 0 heterocycles. The van der Waals surface area contributed by atoms with Gasteiger partial charge in [-0.3, -0.25) is 14.4 Å². The summed E-state index contributed by atoms with van der Waals surface area (Å²) in [6.07, 6.45) is 0.147. The summed E-state index contributed by atoms with van der Waals surface area (Å²) in [5.41, 5.74) is 9.46. The topological polar surface area (TPSA) is 140 Å². The van der Waals surface area contributed by atoms with E-state index in [1.54, 1.807) is 0 Å². The maximum Gasteiger partial charge on any atom is 0.407 e. The Bertz CT molecular complexity index is 1360. The molecule has 1 aliphatic carbocycles. The van der Waals surface area contributed by atoms with Crippen LogP contribution in [-0.4, -0.2) is 48.5 Å². The first-order valence-corrected chi connectivity index (χ1v) is 13.7. The second kappa shape index (κ2) is 13.1. The van der Waals surface area contributed by atoms with Crippen molar-refractivity contribution in [2.75, 3.05) is 13.2 Å². The maximum atomic E-state index is 13.0. The van der Waals surface area contributed by atoms with Gasteiger partial charge in [0.25, 0.3) is 0 Å². The maximum absolute atomic E-state index is 13.0. The molecular formula is C32H36N4O5. The number of ether oxygens (including phenoxy) is 1. The van der Waals surface area contributed by atoms with Crippen molar-refractivity contribution < 1.29 is 23.9 Å². The molecule has 0 aromatic heterocycles. The summed E-state index contributed by atoms with van der Waals surface area (Å²) >= 11 is 0. The second-order valence-electron chi connectivity index (χ2n) is 10.7. The van der Waals surface area contributed by atoms with Gasteiger partial charge in [-0.1, -0.05) is 78.9 Å². The predicted molar refractivity (Wildman–Crippen MR) is 156 cm³/mol. The summed E-state index contributed by atoms with van der Waals surface area (Å²) in [7, 11) is 0. The van der Waals surface area contributed by atoms with Gasteiger partial charge in [0.2, 0.25) is 17.7 Å². The summed E-state index contributed by atoms with van der Waals surface area (Å²) in [4.78, 5) is 49.9. The number of rotatable bonds is 12. The number of nitrogens with one attached hydrogen (secondary N) is 3. The van der Waals surface area contributed by atoms with Crippen LogP contribution in [0, 0.1) is 0 Å². The van der Waals surface area contributed by atoms with Crippen LogP contribution in [0.1, 0.15) is 49.3 Å². The summed E-state index contributed by atoms with van der Waals surface area (Å²) in [5, 5.41) is 8.08. The monoisotopic (exact) mass is 556 g/mol. The SMILES string of the molecule is CC(C)(NC(=O)[C@@H](CCCNC(=O)OCC1c2ccccc2-c2ccccc21)NC(=O)Cc1ccccc1)C(N)=O. The number of nitrogens with two attached hydrogens (primary N) is 1. The smallest absolute Gasteiger partial charge is 0.407 e. The summed E-state index contributed by atoms with van der Waals surface area (Å²) in [6.45, 7) is 3.42. The van der Waals surface area contributed by atoms with Crippen molar-refractivity contribution in [2.24, 2.45) is 5.73 Å². The highest BCUT2D eigenvalue weighted by atomic mass is 16.5. The molecule has 0 radical (unpaired) electrons. The van der Waals surface area contributed by atoms with E-state index in [9.17, 15) is 19.2 Å². The van der Waals surface area contributed by atoms with Gasteiger partial charge in [-0.25, -0.2) is 4.79 Å². The predicted octanol–water partition coefficient (Wildman–Crippen LogP) is 3.41. The van der Waals surface area contributed by atoms with Gasteiger partial charge in [0.05, 0.1) is 6.42 Å². The van der Waals surface area contributed by atoms with Gasteiger partial charge in [0.1, 0.15) is 18.2 Å². The highest BCUT2D eigenvalue weighted by Gasteiger charge is 2.31. The fourth-order valence-electron chi connectivity index (χ4n) is 4.90. The molecule has 3 aromatic carbocycles. The molecule has 0 saturated heterocycles. The number of carbonyl (C=O) groups excluding carboxylic acids is 4. The van der Waals surface area contributed by atoms with Crippen LogP contribution in [0.3, 0.4) is 0 Å². The van der Waals surface area contributed by atoms with Crippen molar-refractivity contribution in [3.8, 4) is 11.1 Å². The van der Waals surface area contributed by atoms with E-state index in [1.807, 2.05) is 54.6 Å². The van der Waals surface area contributed by atoms with E-state index in [0.29, 0.717) is 6.42 Å². The lowest BCUT2D eigenvalue weighted by Crippen LogP contribution is -2.58. The molecule has 0 saturated carbocycles. The van der Waals surface area contributed by atoms with E-state index in [2.05, 4.69) is 40.2 Å². The molecule has 214 valence electrons. The van der Waals surface area contributed by atoms with Crippen LogP contribution in [0.25, 0.3) is 11.1 Å². The standard InChI is InChI=1S/C32H36N4O5/c1-32(2,30(33)39)36-29(38)27(35-28(37)19-21-11-4-3-5-12-21)17-10-18-34-31(40)41-20-26-24-15-8-6-13-22(24)23-14-7-9-16-25(23)26/h3-9,11-16,26-27H,10,17-20H2,1-2H3,(H2,33,39)(H,34,40)(H,35,37)(H,36,38)/t27-/m1/s1. The Hall–Kier alpha value is -4.66. The van der Waals surface area contributed by atoms with Crippen molar-refractivity contribution in [1.29, 1.82) is 0 Å². The number of fused-ring (bicyclic) bond motifs is 3. The van der Waals surface area contributed by atoms with E-state index in [0.717, 1.165) is 27.8 Å². The Balaban J connectivity index is 1.29. The summed E-state index contributed by atoms with van der Waals surface area (Å²) < 4.78 is 5.57. The fraction of sp³-hybridized carbons (Fsp3) is 0.312. The zero-order valence-electron chi connectivity index (χ0n) is 23.3.